The van der Waals surface area contributed by atoms with Crippen molar-refractivity contribution in [2.75, 3.05) is 0 Å². The minimum atomic E-state index is -0.960. The van der Waals surface area contributed by atoms with Gasteiger partial charge in [-0.25, -0.2) is 0 Å². The van der Waals surface area contributed by atoms with Gasteiger partial charge in [0.05, 0.1) is 0 Å². The van der Waals surface area contributed by atoms with Crippen LogP contribution in [0, 0.1) is 0 Å². The van der Waals surface area contributed by atoms with Crippen LogP contribution < -0.4 is 0 Å². The standard InChI is InChI=1S/2C8H17.BrH.Ga/c2*1-3-5-7-8-6-4-2;;/h2*1,3-8H2,2H3;1H;/q;;;+1/p-1. The van der Waals surface area contributed by atoms with Crippen molar-refractivity contribution in [2.45, 2.75) is 101 Å². The van der Waals surface area contributed by atoms with Crippen LogP contribution in [0.5, 0.6) is 0 Å². The van der Waals surface area contributed by atoms with Gasteiger partial charge < -0.3 is 0 Å². The van der Waals surface area contributed by atoms with Gasteiger partial charge in [-0.1, -0.05) is 0 Å². The third kappa shape index (κ3) is 15.2. The predicted octanol–water partition coefficient (Wildman–Crippen LogP) is 7.09. The SMILES string of the molecule is CCCCCCC[CH2][Ga]([Br])[CH2]CCCCCCC. The summed E-state index contributed by atoms with van der Waals surface area (Å²) < 4.78 is 0. The van der Waals surface area contributed by atoms with Gasteiger partial charge in [-0.2, -0.15) is 0 Å². The zero-order valence-electron chi connectivity index (χ0n) is 12.9. The molecule has 0 aromatic heterocycles. The Morgan fingerprint density at radius 2 is 0.889 bits per heavy atom. The van der Waals surface area contributed by atoms with E-state index in [9.17, 15) is 0 Å². The van der Waals surface area contributed by atoms with Crippen molar-refractivity contribution in [3.05, 3.63) is 0 Å². The molecular weight excluding hydrogens is 342 g/mol. The van der Waals surface area contributed by atoms with Crippen LogP contribution in [0.1, 0.15) is 90.9 Å². The average molecular weight is 376 g/mol. The number of hydrogen-bond acceptors (Lipinski definition) is 0. The molecule has 0 aliphatic carbocycles. The summed E-state index contributed by atoms with van der Waals surface area (Å²) >= 11 is 3.07. The molecule has 0 saturated heterocycles. The van der Waals surface area contributed by atoms with Gasteiger partial charge in [0, 0.05) is 0 Å². The second-order valence-electron chi connectivity index (χ2n) is 5.71. The predicted molar refractivity (Wildman–Crippen MR) is 91.0 cm³/mol. The Balaban J connectivity index is 3.10. The molecule has 0 nitrogen and oxygen atoms in total. The fourth-order valence-electron chi connectivity index (χ4n) is 2.44. The second kappa shape index (κ2) is 16.2. The Morgan fingerprint density at radius 3 is 1.28 bits per heavy atom. The molecular formula is C16H34BrGa. The molecule has 0 aliphatic rings. The Bertz CT molecular complexity index is 134. The zero-order chi connectivity index (χ0) is 13.5. The van der Waals surface area contributed by atoms with Gasteiger partial charge in [0.25, 0.3) is 0 Å². The van der Waals surface area contributed by atoms with Crippen molar-refractivity contribution >= 4 is 27.8 Å². The van der Waals surface area contributed by atoms with E-state index in [0.29, 0.717) is 0 Å². The first-order chi connectivity index (χ1) is 8.81. The first kappa shape index (κ1) is 19.1. The maximum absolute atomic E-state index is 4.03. The molecule has 0 amide bonds. The van der Waals surface area contributed by atoms with Crippen molar-refractivity contribution in [2.24, 2.45) is 0 Å². The molecule has 18 heavy (non-hydrogen) atoms. The fraction of sp³-hybridized carbons (Fsp3) is 1.00. The van der Waals surface area contributed by atoms with Crippen LogP contribution in [0.3, 0.4) is 0 Å². The molecule has 0 heterocycles. The summed E-state index contributed by atoms with van der Waals surface area (Å²) in [6, 6.07) is 0. The van der Waals surface area contributed by atoms with Gasteiger partial charge in [0.15, 0.2) is 0 Å². The van der Waals surface area contributed by atoms with Gasteiger partial charge in [0.1, 0.15) is 0 Å². The monoisotopic (exact) mass is 374 g/mol. The quantitative estimate of drug-likeness (QED) is 0.224. The van der Waals surface area contributed by atoms with E-state index >= 15 is 0 Å². The molecule has 0 bridgehead atoms. The number of unbranched alkanes of at least 4 members (excludes halogenated alkanes) is 10. The Kier molecular flexibility index (Phi) is 17.2. The molecule has 0 spiro atoms. The summed E-state index contributed by atoms with van der Waals surface area (Å²) in [6.07, 6.45) is 17.5. The van der Waals surface area contributed by atoms with Gasteiger partial charge in [-0.3, -0.25) is 0 Å². The van der Waals surface area contributed by atoms with Crippen molar-refractivity contribution in [1.82, 2.24) is 0 Å². The van der Waals surface area contributed by atoms with E-state index in [-0.39, 0.29) is 0 Å². The summed E-state index contributed by atoms with van der Waals surface area (Å²) in [5.41, 5.74) is 0. The molecule has 0 atom stereocenters. The van der Waals surface area contributed by atoms with Crippen LogP contribution >= 0.6 is 13.6 Å². The summed E-state index contributed by atoms with van der Waals surface area (Å²) in [5, 5.41) is 0. The topological polar surface area (TPSA) is 0 Å². The van der Waals surface area contributed by atoms with Gasteiger partial charge in [-0.15, -0.1) is 0 Å². The van der Waals surface area contributed by atoms with Crippen LogP contribution in [0.4, 0.5) is 0 Å². The van der Waals surface area contributed by atoms with E-state index in [2.05, 4.69) is 27.4 Å². The fourth-order valence-corrected chi connectivity index (χ4v) is 9.48. The van der Waals surface area contributed by atoms with E-state index in [1.807, 2.05) is 0 Å². The second-order valence-corrected chi connectivity index (χ2v) is 17.4. The Morgan fingerprint density at radius 1 is 0.556 bits per heavy atom. The van der Waals surface area contributed by atoms with Crippen molar-refractivity contribution in [1.29, 1.82) is 0 Å². The number of hydrogen-bond donors (Lipinski definition) is 0. The van der Waals surface area contributed by atoms with Crippen molar-refractivity contribution < 1.29 is 0 Å². The summed E-state index contributed by atoms with van der Waals surface area (Å²) in [7, 11) is 0. The van der Waals surface area contributed by atoms with Crippen LogP contribution in [0.25, 0.3) is 0 Å². The molecule has 0 aromatic rings. The van der Waals surface area contributed by atoms with E-state index in [1.54, 1.807) is 9.95 Å². The molecule has 0 aliphatic heterocycles. The van der Waals surface area contributed by atoms with E-state index in [0.717, 1.165) is 0 Å². The summed E-state index contributed by atoms with van der Waals surface area (Å²) in [5.74, 6) is 0. The van der Waals surface area contributed by atoms with Crippen LogP contribution in [0.2, 0.25) is 9.95 Å². The molecule has 108 valence electrons. The van der Waals surface area contributed by atoms with E-state index < -0.39 is 14.2 Å². The van der Waals surface area contributed by atoms with Gasteiger partial charge >= 0.3 is 129 Å². The summed E-state index contributed by atoms with van der Waals surface area (Å²) in [4.78, 5) is 3.15. The minimum absolute atomic E-state index is 0.960. The van der Waals surface area contributed by atoms with E-state index in [4.69, 9.17) is 0 Å². The normalized spacial score (nSPS) is 10.8. The van der Waals surface area contributed by atoms with Crippen LogP contribution in [-0.4, -0.2) is 14.2 Å². The van der Waals surface area contributed by atoms with Crippen LogP contribution in [0.15, 0.2) is 0 Å². The van der Waals surface area contributed by atoms with E-state index in [1.165, 1.54) is 77.0 Å². The molecule has 0 N–H and O–H groups in total. The first-order valence-electron chi connectivity index (χ1n) is 8.45. The molecule has 0 radical (unpaired) electrons. The molecule has 0 unspecified atom stereocenters. The molecule has 2 heteroatoms. The van der Waals surface area contributed by atoms with Gasteiger partial charge in [-0.05, 0) is 0 Å². The Hall–Kier alpha value is 1.12. The maximum atomic E-state index is 4.03. The third-order valence-electron chi connectivity index (χ3n) is 3.74. The molecule has 0 saturated carbocycles. The number of halogens is 1. The zero-order valence-corrected chi connectivity index (χ0v) is 16.9. The third-order valence-corrected chi connectivity index (χ3v) is 12.8. The van der Waals surface area contributed by atoms with Crippen molar-refractivity contribution in [3.8, 4) is 0 Å². The van der Waals surface area contributed by atoms with Gasteiger partial charge in [0.2, 0.25) is 0 Å². The average Bonchev–Trinajstić information content (AvgIpc) is 2.38. The molecule has 0 rings (SSSR count). The summed E-state index contributed by atoms with van der Waals surface area (Å²) in [6.45, 7) is 4.59. The molecule has 0 fully saturated rings. The number of rotatable bonds is 14. The Labute approximate surface area is 128 Å². The van der Waals surface area contributed by atoms with Crippen LogP contribution in [-0.2, 0) is 0 Å². The molecule has 0 aromatic carbocycles. The first-order valence-corrected chi connectivity index (χ1v) is 17.5. The van der Waals surface area contributed by atoms with Crippen molar-refractivity contribution in [3.63, 3.8) is 0 Å².